The highest BCUT2D eigenvalue weighted by molar-refractivity contribution is 7.91. The standard InChI is InChI=1S/C15H10N2O7S/c18-15(19)10-6-8-11(9-7-10)23-13-14(17(20)24-16-13)25(21,22)12-4-2-1-3-5-12/h1-9H,(H,18,19). The van der Waals surface area contributed by atoms with Crippen LogP contribution >= 0.6 is 0 Å². The van der Waals surface area contributed by atoms with Gasteiger partial charge in [-0.2, -0.15) is 0 Å². The number of nitrogens with zero attached hydrogens (tertiary/aromatic N) is 2. The van der Waals surface area contributed by atoms with Crippen LogP contribution in [0.5, 0.6) is 11.6 Å². The largest absolute Gasteiger partial charge is 0.478 e. The van der Waals surface area contributed by atoms with Gasteiger partial charge in [-0.1, -0.05) is 18.2 Å². The lowest BCUT2D eigenvalue weighted by Gasteiger charge is -2.03. The Labute approximate surface area is 141 Å². The molecule has 0 amide bonds. The number of benzene rings is 2. The summed E-state index contributed by atoms with van der Waals surface area (Å²) in [5.41, 5.74) is 0.0172. The molecule has 0 unspecified atom stereocenters. The third-order valence-corrected chi connectivity index (χ3v) is 4.90. The number of carboxylic acids is 1. The minimum absolute atomic E-state index is 0.0172. The molecule has 0 aliphatic heterocycles. The maximum atomic E-state index is 12.6. The summed E-state index contributed by atoms with van der Waals surface area (Å²) in [6.07, 6.45) is 0. The molecule has 0 radical (unpaired) electrons. The van der Waals surface area contributed by atoms with E-state index in [1.165, 1.54) is 48.5 Å². The van der Waals surface area contributed by atoms with E-state index in [4.69, 9.17) is 9.84 Å². The molecule has 0 aliphatic carbocycles. The number of ether oxygens (including phenoxy) is 1. The number of sulfone groups is 1. The smallest absolute Gasteiger partial charge is 0.420 e. The van der Waals surface area contributed by atoms with E-state index in [1.807, 2.05) is 0 Å². The molecule has 0 saturated carbocycles. The monoisotopic (exact) mass is 362 g/mol. The summed E-state index contributed by atoms with van der Waals surface area (Å²) in [4.78, 5) is 10.4. The molecule has 2 aromatic carbocycles. The maximum Gasteiger partial charge on any atom is 0.420 e. The number of rotatable bonds is 5. The van der Waals surface area contributed by atoms with E-state index >= 15 is 0 Å². The zero-order chi connectivity index (χ0) is 18.0. The first-order valence-corrected chi connectivity index (χ1v) is 8.29. The molecule has 3 rings (SSSR count). The Kier molecular flexibility index (Phi) is 4.11. The predicted octanol–water partition coefficient (Wildman–Crippen LogP) is 1.63. The van der Waals surface area contributed by atoms with Crippen LogP contribution in [0.1, 0.15) is 10.4 Å². The van der Waals surface area contributed by atoms with Crippen molar-refractivity contribution in [2.45, 2.75) is 9.92 Å². The highest BCUT2D eigenvalue weighted by Crippen LogP contribution is 2.28. The van der Waals surface area contributed by atoms with Crippen molar-refractivity contribution < 1.29 is 32.6 Å². The number of aromatic carboxylic acids is 1. The molecule has 0 saturated heterocycles. The van der Waals surface area contributed by atoms with Crippen molar-refractivity contribution in [3.8, 4) is 11.6 Å². The average Bonchev–Trinajstić information content (AvgIpc) is 2.97. The molecule has 0 fully saturated rings. The van der Waals surface area contributed by atoms with Crippen LogP contribution in [0.25, 0.3) is 0 Å². The molecule has 0 aliphatic rings. The van der Waals surface area contributed by atoms with Crippen molar-refractivity contribution in [1.29, 1.82) is 0 Å². The van der Waals surface area contributed by atoms with Crippen molar-refractivity contribution in [3.63, 3.8) is 0 Å². The minimum Gasteiger partial charge on any atom is -0.478 e. The lowest BCUT2D eigenvalue weighted by molar-refractivity contribution is -0.832. The van der Waals surface area contributed by atoms with Gasteiger partial charge in [-0.25, -0.2) is 13.2 Å². The second-order valence-electron chi connectivity index (χ2n) is 4.79. The van der Waals surface area contributed by atoms with Crippen LogP contribution in [0.3, 0.4) is 0 Å². The fourth-order valence-electron chi connectivity index (χ4n) is 1.99. The normalized spacial score (nSPS) is 11.2. The molecule has 0 bridgehead atoms. The van der Waals surface area contributed by atoms with Crippen LogP contribution in [0.4, 0.5) is 0 Å². The predicted molar refractivity (Wildman–Crippen MR) is 80.8 cm³/mol. The summed E-state index contributed by atoms with van der Waals surface area (Å²) in [6.45, 7) is 0. The van der Waals surface area contributed by atoms with Gasteiger partial charge in [0, 0.05) is 0 Å². The van der Waals surface area contributed by atoms with Gasteiger partial charge in [-0.15, -0.1) is 0 Å². The summed E-state index contributed by atoms with van der Waals surface area (Å²) >= 11 is 0. The van der Waals surface area contributed by atoms with Gasteiger partial charge in [0.05, 0.1) is 15.6 Å². The highest BCUT2D eigenvalue weighted by Gasteiger charge is 2.36. The third kappa shape index (κ3) is 3.15. The van der Waals surface area contributed by atoms with Gasteiger partial charge in [0.2, 0.25) is 0 Å². The van der Waals surface area contributed by atoms with Crippen molar-refractivity contribution in [2.24, 2.45) is 0 Å². The van der Waals surface area contributed by atoms with E-state index in [0.717, 1.165) is 0 Å². The van der Waals surface area contributed by atoms with Crippen molar-refractivity contribution in [2.75, 3.05) is 0 Å². The Morgan fingerprint density at radius 2 is 1.76 bits per heavy atom. The first-order chi connectivity index (χ1) is 11.9. The average molecular weight is 362 g/mol. The Balaban J connectivity index is 1.99. The second kappa shape index (κ2) is 6.24. The van der Waals surface area contributed by atoms with Gasteiger partial charge in [0.1, 0.15) is 5.75 Å². The Morgan fingerprint density at radius 1 is 1.12 bits per heavy atom. The first kappa shape index (κ1) is 16.5. The van der Waals surface area contributed by atoms with Crippen LogP contribution in [-0.2, 0) is 9.84 Å². The van der Waals surface area contributed by atoms with Crippen LogP contribution in [0.2, 0.25) is 0 Å². The second-order valence-corrected chi connectivity index (χ2v) is 6.65. The van der Waals surface area contributed by atoms with E-state index < -0.39 is 26.7 Å². The molecule has 10 heteroatoms. The van der Waals surface area contributed by atoms with E-state index in [-0.39, 0.29) is 21.1 Å². The van der Waals surface area contributed by atoms with Crippen LogP contribution in [0.15, 0.2) is 69.1 Å². The molecule has 0 spiro atoms. The van der Waals surface area contributed by atoms with Gasteiger partial charge in [-0.05, 0) is 41.3 Å². The van der Waals surface area contributed by atoms with E-state index in [2.05, 4.69) is 9.79 Å². The van der Waals surface area contributed by atoms with Crippen molar-refractivity contribution in [1.82, 2.24) is 5.16 Å². The number of hydrogen-bond donors (Lipinski definition) is 1. The molecule has 25 heavy (non-hydrogen) atoms. The van der Waals surface area contributed by atoms with Gasteiger partial charge in [0.25, 0.3) is 9.84 Å². The SMILES string of the molecule is O=C(O)c1ccc(Oc2no[n+]([O-])c2S(=O)(=O)c2ccccc2)cc1. The fraction of sp³-hybridized carbons (Fsp3) is 0. The van der Waals surface area contributed by atoms with E-state index in [1.54, 1.807) is 6.07 Å². The molecule has 1 aromatic heterocycles. The maximum absolute atomic E-state index is 12.6. The number of carboxylic acid groups (broad SMARTS) is 1. The summed E-state index contributed by atoms with van der Waals surface area (Å²) in [7, 11) is -4.22. The Bertz CT molecular complexity index is 1010. The van der Waals surface area contributed by atoms with Crippen LogP contribution in [0, 0.1) is 5.21 Å². The van der Waals surface area contributed by atoms with E-state index in [0.29, 0.717) is 0 Å². The lowest BCUT2D eigenvalue weighted by Crippen LogP contribution is -2.30. The quantitative estimate of drug-likeness (QED) is 0.677. The molecular formula is C15H10N2O7S. The van der Waals surface area contributed by atoms with Gasteiger partial charge in [0.15, 0.2) is 0 Å². The zero-order valence-electron chi connectivity index (χ0n) is 12.4. The van der Waals surface area contributed by atoms with Gasteiger partial charge >= 0.3 is 16.9 Å². The molecule has 3 aromatic rings. The number of carbonyl (C=O) groups is 1. The topological polar surface area (TPSA) is 134 Å². The van der Waals surface area contributed by atoms with E-state index in [9.17, 15) is 18.4 Å². The van der Waals surface area contributed by atoms with Gasteiger partial charge in [-0.3, -0.25) is 4.63 Å². The first-order valence-electron chi connectivity index (χ1n) is 6.80. The molecule has 0 atom stereocenters. The molecule has 1 heterocycles. The molecule has 9 nitrogen and oxygen atoms in total. The molecule has 1 N–H and O–H groups in total. The molecule has 128 valence electrons. The highest BCUT2D eigenvalue weighted by atomic mass is 32.2. The van der Waals surface area contributed by atoms with Gasteiger partial charge < -0.3 is 15.1 Å². The Morgan fingerprint density at radius 3 is 2.36 bits per heavy atom. The minimum atomic E-state index is -4.22. The van der Waals surface area contributed by atoms with Crippen LogP contribution < -0.4 is 9.64 Å². The summed E-state index contributed by atoms with van der Waals surface area (Å²) < 4.78 is 34.8. The fourth-order valence-corrected chi connectivity index (χ4v) is 3.27. The van der Waals surface area contributed by atoms with Crippen molar-refractivity contribution >= 4 is 15.8 Å². The Hall–Kier alpha value is -3.40. The lowest BCUT2D eigenvalue weighted by atomic mass is 10.2. The summed E-state index contributed by atoms with van der Waals surface area (Å²) in [6, 6.07) is 12.4. The van der Waals surface area contributed by atoms with Crippen molar-refractivity contribution in [3.05, 3.63) is 65.4 Å². The summed E-state index contributed by atoms with van der Waals surface area (Å²) in [5.74, 6) is -1.59. The number of aromatic nitrogens is 2. The third-order valence-electron chi connectivity index (χ3n) is 3.17. The summed E-state index contributed by atoms with van der Waals surface area (Å²) in [5, 5.41) is 23.1. The van der Waals surface area contributed by atoms with Crippen LogP contribution in [-0.4, -0.2) is 24.7 Å². The molecular weight excluding hydrogens is 352 g/mol. The number of hydrogen-bond acceptors (Lipinski definition) is 7. The zero-order valence-corrected chi connectivity index (χ0v) is 13.2.